The summed E-state index contributed by atoms with van der Waals surface area (Å²) in [6, 6.07) is 0. The van der Waals surface area contributed by atoms with Gasteiger partial charge in [0.15, 0.2) is 0 Å². The number of thioether (sulfide) groups is 1. The Labute approximate surface area is 122 Å². The fourth-order valence-electron chi connectivity index (χ4n) is 2.11. The molecule has 0 bridgehead atoms. The molecule has 1 aromatic heterocycles. The zero-order valence-electron chi connectivity index (χ0n) is 13.3. The number of hydrogen-bond acceptors (Lipinski definition) is 3. The van der Waals surface area contributed by atoms with Gasteiger partial charge in [0.25, 0.3) is 0 Å². The maximum atomic E-state index is 4.43. The first-order valence-electron chi connectivity index (χ1n) is 7.17. The number of nitrogens with zero attached hydrogens (tertiary/aromatic N) is 2. The largest absolute Gasteiger partial charge is 0.311 e. The van der Waals surface area contributed by atoms with Crippen LogP contribution in [0, 0.1) is 0 Å². The summed E-state index contributed by atoms with van der Waals surface area (Å²) in [4.78, 5) is 0. The Balaban J connectivity index is 2.51. The average molecular weight is 283 g/mol. The van der Waals surface area contributed by atoms with Gasteiger partial charge in [-0.05, 0) is 39.9 Å². The van der Waals surface area contributed by atoms with Crippen LogP contribution in [0.2, 0.25) is 0 Å². The molecule has 1 rings (SSSR count). The minimum Gasteiger partial charge on any atom is -0.311 e. The Morgan fingerprint density at radius 3 is 2.32 bits per heavy atom. The van der Waals surface area contributed by atoms with Crippen molar-refractivity contribution in [3.05, 3.63) is 18.0 Å². The van der Waals surface area contributed by atoms with Gasteiger partial charge < -0.3 is 5.32 Å². The summed E-state index contributed by atoms with van der Waals surface area (Å²) in [5.41, 5.74) is 1.32. The van der Waals surface area contributed by atoms with E-state index < -0.39 is 0 Å². The van der Waals surface area contributed by atoms with E-state index in [0.29, 0.717) is 4.75 Å². The first kappa shape index (κ1) is 16.6. The lowest BCUT2D eigenvalue weighted by atomic mass is 10.0. The van der Waals surface area contributed by atoms with E-state index >= 15 is 0 Å². The molecule has 4 heteroatoms. The normalized spacial score (nSPS) is 12.9. The highest BCUT2D eigenvalue weighted by Gasteiger charge is 2.24. The molecule has 0 saturated carbocycles. The molecule has 0 fully saturated rings. The van der Waals surface area contributed by atoms with Crippen molar-refractivity contribution in [3.8, 4) is 0 Å². The van der Waals surface area contributed by atoms with Crippen LogP contribution >= 0.6 is 11.8 Å². The zero-order chi connectivity index (χ0) is 14.5. The van der Waals surface area contributed by atoms with Crippen molar-refractivity contribution < 1.29 is 0 Å². The van der Waals surface area contributed by atoms with Crippen LogP contribution in [0.3, 0.4) is 0 Å². The van der Waals surface area contributed by atoms with Crippen molar-refractivity contribution in [2.75, 3.05) is 12.8 Å². The molecule has 0 aromatic carbocycles. The summed E-state index contributed by atoms with van der Waals surface area (Å²) in [7, 11) is 0. The van der Waals surface area contributed by atoms with E-state index in [1.807, 2.05) is 22.6 Å². The molecule has 0 atom stereocenters. The second-order valence-electron chi connectivity index (χ2n) is 6.16. The van der Waals surface area contributed by atoms with Crippen molar-refractivity contribution in [3.63, 3.8) is 0 Å². The number of aromatic nitrogens is 2. The van der Waals surface area contributed by atoms with Gasteiger partial charge in [0.1, 0.15) is 0 Å². The molecule has 1 N–H and O–H groups in total. The van der Waals surface area contributed by atoms with Gasteiger partial charge in [0.05, 0.1) is 11.7 Å². The lowest BCUT2D eigenvalue weighted by Crippen LogP contribution is -2.36. The SMILES string of the molecule is CCC(CC)(CNCc1cnn(C(C)(C)C)c1)SC. The van der Waals surface area contributed by atoms with Gasteiger partial charge >= 0.3 is 0 Å². The molecule has 3 nitrogen and oxygen atoms in total. The molecule has 0 amide bonds. The van der Waals surface area contributed by atoms with E-state index in [0.717, 1.165) is 13.1 Å². The third kappa shape index (κ3) is 4.53. The van der Waals surface area contributed by atoms with Crippen LogP contribution in [0.5, 0.6) is 0 Å². The Morgan fingerprint density at radius 1 is 1.26 bits per heavy atom. The maximum absolute atomic E-state index is 4.43. The average Bonchev–Trinajstić information content (AvgIpc) is 2.84. The second-order valence-corrected chi connectivity index (χ2v) is 7.44. The molecule has 0 aliphatic heterocycles. The molecule has 1 aromatic rings. The topological polar surface area (TPSA) is 29.9 Å². The van der Waals surface area contributed by atoms with Gasteiger partial charge in [0, 0.05) is 29.6 Å². The van der Waals surface area contributed by atoms with Gasteiger partial charge in [-0.15, -0.1) is 0 Å². The number of rotatable bonds is 7. The lowest BCUT2D eigenvalue weighted by molar-refractivity contribution is 0.355. The molecule has 0 spiro atoms. The van der Waals surface area contributed by atoms with Crippen molar-refractivity contribution in [1.82, 2.24) is 15.1 Å². The molecule has 0 saturated heterocycles. The molecule has 1 heterocycles. The molecule has 110 valence electrons. The van der Waals surface area contributed by atoms with Crippen molar-refractivity contribution in [2.45, 2.75) is 64.3 Å². The fraction of sp³-hybridized carbons (Fsp3) is 0.800. The molecule has 0 unspecified atom stereocenters. The van der Waals surface area contributed by atoms with Crippen LogP contribution in [0.15, 0.2) is 12.4 Å². The molecular weight excluding hydrogens is 254 g/mol. The summed E-state index contributed by atoms with van der Waals surface area (Å²) in [5.74, 6) is 0. The highest BCUT2D eigenvalue weighted by atomic mass is 32.2. The van der Waals surface area contributed by atoms with Gasteiger partial charge in [-0.25, -0.2) is 0 Å². The monoisotopic (exact) mass is 283 g/mol. The van der Waals surface area contributed by atoms with E-state index in [1.54, 1.807) is 0 Å². The van der Waals surface area contributed by atoms with Gasteiger partial charge in [-0.3, -0.25) is 4.68 Å². The molecule has 0 aliphatic rings. The quantitative estimate of drug-likeness (QED) is 0.828. The van der Waals surface area contributed by atoms with Gasteiger partial charge in [0.2, 0.25) is 0 Å². The van der Waals surface area contributed by atoms with Crippen molar-refractivity contribution >= 4 is 11.8 Å². The minimum atomic E-state index is 0.0636. The van der Waals surface area contributed by atoms with Crippen LogP contribution in [-0.4, -0.2) is 27.3 Å². The summed E-state index contributed by atoms with van der Waals surface area (Å²) in [5, 5.41) is 8.02. The maximum Gasteiger partial charge on any atom is 0.0543 e. The number of hydrogen-bond donors (Lipinski definition) is 1. The first-order valence-corrected chi connectivity index (χ1v) is 8.39. The highest BCUT2D eigenvalue weighted by Crippen LogP contribution is 2.29. The smallest absolute Gasteiger partial charge is 0.0543 e. The summed E-state index contributed by atoms with van der Waals surface area (Å²) < 4.78 is 2.41. The van der Waals surface area contributed by atoms with E-state index in [-0.39, 0.29) is 5.54 Å². The van der Waals surface area contributed by atoms with Crippen LogP contribution in [-0.2, 0) is 12.1 Å². The van der Waals surface area contributed by atoms with Crippen LogP contribution in [0.25, 0.3) is 0 Å². The minimum absolute atomic E-state index is 0.0636. The predicted molar refractivity (Wildman–Crippen MR) is 85.8 cm³/mol. The van der Waals surface area contributed by atoms with Gasteiger partial charge in [-0.1, -0.05) is 13.8 Å². The second kappa shape index (κ2) is 6.80. The van der Waals surface area contributed by atoms with Gasteiger partial charge in [-0.2, -0.15) is 16.9 Å². The van der Waals surface area contributed by atoms with Crippen LogP contribution in [0.1, 0.15) is 53.0 Å². The summed E-state index contributed by atoms with van der Waals surface area (Å²) in [6.45, 7) is 13.0. The Kier molecular flexibility index (Phi) is 5.93. The molecule has 0 aliphatic carbocycles. The van der Waals surface area contributed by atoms with E-state index in [1.165, 1.54) is 18.4 Å². The predicted octanol–water partition coefficient (Wildman–Crippen LogP) is 3.65. The van der Waals surface area contributed by atoms with Crippen LogP contribution in [0.4, 0.5) is 0 Å². The standard InChI is InChI=1S/C15H29N3S/c1-7-15(8-2,19-6)12-16-9-13-10-17-18(11-13)14(3,4)5/h10-11,16H,7-9,12H2,1-6H3. The van der Waals surface area contributed by atoms with Crippen molar-refractivity contribution in [1.29, 1.82) is 0 Å². The van der Waals surface area contributed by atoms with Crippen molar-refractivity contribution in [2.24, 2.45) is 0 Å². The highest BCUT2D eigenvalue weighted by molar-refractivity contribution is 8.00. The molecular formula is C15H29N3S. The Morgan fingerprint density at radius 2 is 1.89 bits per heavy atom. The molecule has 19 heavy (non-hydrogen) atoms. The van der Waals surface area contributed by atoms with Crippen LogP contribution < -0.4 is 5.32 Å². The Bertz CT molecular complexity index is 367. The lowest BCUT2D eigenvalue weighted by Gasteiger charge is -2.29. The van der Waals surface area contributed by atoms with E-state index in [9.17, 15) is 0 Å². The molecule has 0 radical (unpaired) electrons. The summed E-state index contributed by atoms with van der Waals surface area (Å²) in [6.07, 6.45) is 8.74. The number of nitrogens with one attached hydrogen (secondary N) is 1. The fourth-order valence-corrected chi connectivity index (χ4v) is 2.94. The Hall–Kier alpha value is -0.480. The van der Waals surface area contributed by atoms with E-state index in [2.05, 4.69) is 57.5 Å². The third-order valence-electron chi connectivity index (χ3n) is 3.82. The third-order valence-corrected chi connectivity index (χ3v) is 5.41. The van der Waals surface area contributed by atoms with E-state index in [4.69, 9.17) is 0 Å². The first-order chi connectivity index (χ1) is 8.87. The summed E-state index contributed by atoms with van der Waals surface area (Å²) >= 11 is 1.98. The zero-order valence-corrected chi connectivity index (χ0v) is 14.1.